The summed E-state index contributed by atoms with van der Waals surface area (Å²) in [5.74, 6) is 0.0955. The fourth-order valence-electron chi connectivity index (χ4n) is 2.08. The van der Waals surface area contributed by atoms with Crippen LogP contribution in [0.2, 0.25) is 5.02 Å². The van der Waals surface area contributed by atoms with Gasteiger partial charge in [0.05, 0.1) is 0 Å². The third kappa shape index (κ3) is 2.79. The smallest absolute Gasteiger partial charge is 0.253 e. The third-order valence-electron chi connectivity index (χ3n) is 3.06. The van der Waals surface area contributed by atoms with Crippen LogP contribution in [-0.4, -0.2) is 36.5 Å². The van der Waals surface area contributed by atoms with Gasteiger partial charge < -0.3 is 10.2 Å². The average Bonchev–Trinajstić information content (AvgIpc) is 2.32. The molecule has 17 heavy (non-hydrogen) atoms. The third-order valence-corrected chi connectivity index (χ3v) is 3.48. The molecule has 1 aromatic carbocycles. The first kappa shape index (κ1) is 12.4. The van der Waals surface area contributed by atoms with Crippen LogP contribution in [0.15, 0.2) is 18.2 Å². The van der Waals surface area contributed by atoms with Crippen LogP contribution in [0.5, 0.6) is 0 Å². The Balaban J connectivity index is 2.15. The molecule has 0 radical (unpaired) electrons. The Hall–Kier alpha value is -1.06. The Bertz CT molecular complexity index is 433. The number of carbonyl (C=O) groups is 1. The number of halogens is 1. The Morgan fingerprint density at radius 3 is 2.94 bits per heavy atom. The van der Waals surface area contributed by atoms with E-state index in [9.17, 15) is 4.79 Å². The lowest BCUT2D eigenvalue weighted by Crippen LogP contribution is -2.51. The molecule has 1 saturated heterocycles. The molecule has 92 valence electrons. The summed E-state index contributed by atoms with van der Waals surface area (Å²) < 4.78 is 0. The molecule has 1 aliphatic heterocycles. The number of nitrogens with one attached hydrogen (secondary N) is 1. The highest BCUT2D eigenvalue weighted by molar-refractivity contribution is 6.31. The molecule has 0 bridgehead atoms. The Labute approximate surface area is 107 Å². The summed E-state index contributed by atoms with van der Waals surface area (Å²) >= 11 is 5.96. The van der Waals surface area contributed by atoms with E-state index in [1.165, 1.54) is 0 Å². The molecule has 4 heteroatoms. The molecule has 1 aromatic rings. The highest BCUT2D eigenvalue weighted by Gasteiger charge is 2.21. The van der Waals surface area contributed by atoms with E-state index in [-0.39, 0.29) is 5.91 Å². The number of piperazine rings is 1. The fraction of sp³-hybridized carbons (Fsp3) is 0.462. The Morgan fingerprint density at radius 2 is 2.29 bits per heavy atom. The number of rotatable bonds is 1. The zero-order chi connectivity index (χ0) is 12.4. The van der Waals surface area contributed by atoms with Crippen LogP contribution in [0.1, 0.15) is 22.8 Å². The van der Waals surface area contributed by atoms with Gasteiger partial charge >= 0.3 is 0 Å². The molecular weight excluding hydrogens is 236 g/mol. The van der Waals surface area contributed by atoms with Crippen molar-refractivity contribution in [2.75, 3.05) is 19.6 Å². The Morgan fingerprint density at radius 1 is 1.53 bits per heavy atom. The predicted octanol–water partition coefficient (Wildman–Crippen LogP) is 2.08. The highest BCUT2D eigenvalue weighted by Crippen LogP contribution is 2.17. The minimum atomic E-state index is 0.0955. The van der Waals surface area contributed by atoms with E-state index in [1.807, 2.05) is 17.9 Å². The number of hydrogen-bond acceptors (Lipinski definition) is 2. The van der Waals surface area contributed by atoms with Gasteiger partial charge in [0.1, 0.15) is 0 Å². The SMILES string of the molecule is Cc1cc(C(=O)N2CCN[C@@H](C)C2)ccc1Cl. The van der Waals surface area contributed by atoms with Gasteiger partial charge in [0.2, 0.25) is 0 Å². The molecule has 1 atom stereocenters. The molecule has 1 N–H and O–H groups in total. The normalized spacial score (nSPS) is 20.4. The van der Waals surface area contributed by atoms with Crippen molar-refractivity contribution >= 4 is 17.5 Å². The summed E-state index contributed by atoms with van der Waals surface area (Å²) in [4.78, 5) is 14.2. The van der Waals surface area contributed by atoms with E-state index >= 15 is 0 Å². The van der Waals surface area contributed by atoms with Crippen LogP contribution in [0, 0.1) is 6.92 Å². The van der Waals surface area contributed by atoms with Crippen molar-refractivity contribution in [2.24, 2.45) is 0 Å². The van der Waals surface area contributed by atoms with Gasteiger partial charge in [-0.05, 0) is 37.6 Å². The summed E-state index contributed by atoms with van der Waals surface area (Å²) in [5, 5.41) is 4.03. The van der Waals surface area contributed by atoms with Crippen molar-refractivity contribution < 1.29 is 4.79 Å². The number of nitrogens with zero attached hydrogens (tertiary/aromatic N) is 1. The van der Waals surface area contributed by atoms with Crippen molar-refractivity contribution in [1.82, 2.24) is 10.2 Å². The average molecular weight is 253 g/mol. The number of aryl methyl sites for hydroxylation is 1. The summed E-state index contributed by atoms with van der Waals surface area (Å²) in [7, 11) is 0. The molecule has 3 nitrogen and oxygen atoms in total. The van der Waals surface area contributed by atoms with Crippen LogP contribution in [0.25, 0.3) is 0 Å². The van der Waals surface area contributed by atoms with Crippen molar-refractivity contribution in [3.8, 4) is 0 Å². The molecule has 1 heterocycles. The van der Waals surface area contributed by atoms with E-state index in [0.717, 1.165) is 30.8 Å². The first-order valence-corrected chi connectivity index (χ1v) is 6.24. The van der Waals surface area contributed by atoms with Crippen molar-refractivity contribution in [3.05, 3.63) is 34.3 Å². The van der Waals surface area contributed by atoms with E-state index in [4.69, 9.17) is 11.6 Å². The van der Waals surface area contributed by atoms with E-state index < -0.39 is 0 Å². The maximum absolute atomic E-state index is 12.3. The molecule has 1 fully saturated rings. The predicted molar refractivity (Wildman–Crippen MR) is 69.6 cm³/mol. The zero-order valence-electron chi connectivity index (χ0n) is 10.2. The largest absolute Gasteiger partial charge is 0.336 e. The Kier molecular flexibility index (Phi) is 3.69. The maximum Gasteiger partial charge on any atom is 0.253 e. The van der Waals surface area contributed by atoms with Gasteiger partial charge in [0, 0.05) is 36.3 Å². The van der Waals surface area contributed by atoms with Gasteiger partial charge in [0.25, 0.3) is 5.91 Å². The van der Waals surface area contributed by atoms with Gasteiger partial charge in [-0.25, -0.2) is 0 Å². The van der Waals surface area contributed by atoms with E-state index in [2.05, 4.69) is 12.2 Å². The monoisotopic (exact) mass is 252 g/mol. The van der Waals surface area contributed by atoms with Crippen LogP contribution >= 0.6 is 11.6 Å². The zero-order valence-corrected chi connectivity index (χ0v) is 10.9. The molecule has 2 rings (SSSR count). The molecule has 1 aliphatic rings. The molecule has 0 aromatic heterocycles. The molecular formula is C13H17ClN2O. The summed E-state index contributed by atoms with van der Waals surface area (Å²) in [5.41, 5.74) is 1.67. The van der Waals surface area contributed by atoms with Crippen molar-refractivity contribution in [2.45, 2.75) is 19.9 Å². The number of amides is 1. The van der Waals surface area contributed by atoms with Crippen molar-refractivity contribution in [1.29, 1.82) is 0 Å². The van der Waals surface area contributed by atoms with Gasteiger partial charge in [-0.3, -0.25) is 4.79 Å². The lowest BCUT2D eigenvalue weighted by atomic mass is 10.1. The minimum absolute atomic E-state index is 0.0955. The van der Waals surface area contributed by atoms with E-state index in [0.29, 0.717) is 11.1 Å². The first-order chi connectivity index (χ1) is 8.08. The van der Waals surface area contributed by atoms with Gasteiger partial charge in [-0.15, -0.1) is 0 Å². The van der Waals surface area contributed by atoms with Gasteiger partial charge in [0.15, 0.2) is 0 Å². The first-order valence-electron chi connectivity index (χ1n) is 5.87. The quantitative estimate of drug-likeness (QED) is 0.830. The van der Waals surface area contributed by atoms with Gasteiger partial charge in [-0.1, -0.05) is 11.6 Å². The molecule has 0 saturated carbocycles. The molecule has 0 spiro atoms. The second kappa shape index (κ2) is 5.07. The number of benzene rings is 1. The van der Waals surface area contributed by atoms with Crippen LogP contribution in [0.3, 0.4) is 0 Å². The summed E-state index contributed by atoms with van der Waals surface area (Å²) in [6, 6.07) is 5.80. The molecule has 0 unspecified atom stereocenters. The summed E-state index contributed by atoms with van der Waals surface area (Å²) in [6.07, 6.45) is 0. The van der Waals surface area contributed by atoms with Crippen LogP contribution in [0.4, 0.5) is 0 Å². The molecule has 1 amide bonds. The maximum atomic E-state index is 12.3. The van der Waals surface area contributed by atoms with Crippen molar-refractivity contribution in [3.63, 3.8) is 0 Å². The molecule has 0 aliphatic carbocycles. The standard InChI is InChI=1S/C13H17ClN2O/c1-9-7-11(3-4-12(9)14)13(17)16-6-5-15-10(2)8-16/h3-4,7,10,15H,5-6,8H2,1-2H3/t10-/m0/s1. The van der Waals surface area contributed by atoms with E-state index in [1.54, 1.807) is 12.1 Å². The van der Waals surface area contributed by atoms with Gasteiger partial charge in [-0.2, -0.15) is 0 Å². The number of carbonyl (C=O) groups excluding carboxylic acids is 1. The van der Waals surface area contributed by atoms with Crippen LogP contribution < -0.4 is 5.32 Å². The van der Waals surface area contributed by atoms with Crippen LogP contribution in [-0.2, 0) is 0 Å². The second-order valence-corrected chi connectivity index (χ2v) is 4.98. The minimum Gasteiger partial charge on any atom is -0.336 e. The second-order valence-electron chi connectivity index (χ2n) is 4.57. The lowest BCUT2D eigenvalue weighted by molar-refractivity contribution is 0.0709. The summed E-state index contributed by atoms with van der Waals surface area (Å²) in [6.45, 7) is 6.40. The lowest BCUT2D eigenvalue weighted by Gasteiger charge is -2.32. The number of hydrogen-bond donors (Lipinski definition) is 1. The highest BCUT2D eigenvalue weighted by atomic mass is 35.5. The fourth-order valence-corrected chi connectivity index (χ4v) is 2.19. The topological polar surface area (TPSA) is 32.3 Å².